The number of esters is 1. The molecule has 1 aliphatic heterocycles. The van der Waals surface area contributed by atoms with Gasteiger partial charge in [0, 0.05) is 0 Å². The maximum atomic E-state index is 12.7. The lowest BCUT2D eigenvalue weighted by atomic mass is 9.71. The Morgan fingerprint density at radius 3 is 2.19 bits per heavy atom. The first-order valence-electron chi connectivity index (χ1n) is 7.18. The number of Topliss-reactive ketones (excluding diaryl/α,β-unsaturated/α-hetero) is 1. The lowest BCUT2D eigenvalue weighted by Gasteiger charge is -2.40. The second kappa shape index (κ2) is 5.51. The minimum absolute atomic E-state index is 0.0467. The monoisotopic (exact) mass is 290 g/mol. The van der Waals surface area contributed by atoms with Gasteiger partial charge in [-0.25, -0.2) is 0 Å². The molecule has 1 aromatic carbocycles. The van der Waals surface area contributed by atoms with Crippen LogP contribution in [0.5, 0.6) is 5.75 Å². The van der Waals surface area contributed by atoms with E-state index in [0.29, 0.717) is 0 Å². The highest BCUT2D eigenvalue weighted by atomic mass is 16.5. The van der Waals surface area contributed by atoms with Gasteiger partial charge in [-0.3, -0.25) is 9.59 Å². The zero-order valence-corrected chi connectivity index (χ0v) is 13.2. The van der Waals surface area contributed by atoms with E-state index in [2.05, 4.69) is 0 Å². The van der Waals surface area contributed by atoms with Gasteiger partial charge < -0.3 is 9.47 Å². The number of benzene rings is 1. The minimum Gasteiger partial charge on any atom is -0.497 e. The summed E-state index contributed by atoms with van der Waals surface area (Å²) in [6.45, 7) is 7.23. The predicted molar refractivity (Wildman–Crippen MR) is 78.9 cm³/mol. The molecule has 2 atom stereocenters. The van der Waals surface area contributed by atoms with Crippen LogP contribution in [-0.4, -0.2) is 18.9 Å². The Morgan fingerprint density at radius 1 is 1.14 bits per heavy atom. The first kappa shape index (κ1) is 15.5. The summed E-state index contributed by atoms with van der Waals surface area (Å²) in [5.74, 6) is -0.00324. The van der Waals surface area contributed by atoms with Gasteiger partial charge in [0.05, 0.1) is 13.0 Å². The van der Waals surface area contributed by atoms with E-state index in [1.54, 1.807) is 21.0 Å². The van der Waals surface area contributed by atoms with Crippen molar-refractivity contribution in [2.45, 2.75) is 33.8 Å². The summed E-state index contributed by atoms with van der Waals surface area (Å²) in [4.78, 5) is 24.8. The van der Waals surface area contributed by atoms with Crippen molar-refractivity contribution in [1.29, 1.82) is 0 Å². The first-order valence-corrected chi connectivity index (χ1v) is 7.18. The van der Waals surface area contributed by atoms with Crippen molar-refractivity contribution in [2.24, 2.45) is 17.3 Å². The third-order valence-corrected chi connectivity index (χ3v) is 4.15. The Hall–Kier alpha value is -1.84. The Balaban J connectivity index is 2.40. The summed E-state index contributed by atoms with van der Waals surface area (Å²) >= 11 is 0. The van der Waals surface area contributed by atoms with Crippen molar-refractivity contribution in [3.8, 4) is 5.75 Å². The molecule has 21 heavy (non-hydrogen) atoms. The van der Waals surface area contributed by atoms with Gasteiger partial charge in [-0.1, -0.05) is 26.0 Å². The molecule has 114 valence electrons. The second-order valence-electron chi connectivity index (χ2n) is 6.36. The third kappa shape index (κ3) is 2.67. The number of hydrogen-bond acceptors (Lipinski definition) is 4. The van der Waals surface area contributed by atoms with Gasteiger partial charge in [0.2, 0.25) is 0 Å². The van der Waals surface area contributed by atoms with Crippen molar-refractivity contribution in [1.82, 2.24) is 0 Å². The molecular weight excluding hydrogens is 268 g/mol. The van der Waals surface area contributed by atoms with Crippen molar-refractivity contribution in [3.63, 3.8) is 0 Å². The van der Waals surface area contributed by atoms with Crippen LogP contribution in [0.4, 0.5) is 0 Å². The van der Waals surface area contributed by atoms with Gasteiger partial charge >= 0.3 is 5.97 Å². The van der Waals surface area contributed by atoms with Gasteiger partial charge in [-0.15, -0.1) is 0 Å². The standard InChI is InChI=1S/C17H22O4/c1-10(2)13-14(11-6-8-12(20-5)9-7-11)21-16(19)17(3,4)15(13)18/h6-10,13-14H,1-5H3/t13-,14+/m1/s1. The number of rotatable bonds is 3. The average molecular weight is 290 g/mol. The van der Waals surface area contributed by atoms with Crippen molar-refractivity contribution < 1.29 is 19.1 Å². The topological polar surface area (TPSA) is 52.6 Å². The van der Waals surface area contributed by atoms with E-state index in [9.17, 15) is 9.59 Å². The molecule has 0 aromatic heterocycles. The van der Waals surface area contributed by atoms with Crippen molar-refractivity contribution >= 4 is 11.8 Å². The Kier molecular flexibility index (Phi) is 4.08. The lowest BCUT2D eigenvalue weighted by Crippen LogP contribution is -2.49. The van der Waals surface area contributed by atoms with E-state index in [4.69, 9.17) is 9.47 Å². The molecule has 0 N–H and O–H groups in total. The third-order valence-electron chi connectivity index (χ3n) is 4.15. The summed E-state index contributed by atoms with van der Waals surface area (Å²) in [6.07, 6.45) is -0.524. The van der Waals surface area contributed by atoms with Gasteiger partial charge in [0.15, 0.2) is 5.78 Å². The molecule has 0 bridgehead atoms. The van der Waals surface area contributed by atoms with Crippen LogP contribution in [0, 0.1) is 17.3 Å². The van der Waals surface area contributed by atoms with Gasteiger partial charge in [0.1, 0.15) is 17.3 Å². The number of ketones is 1. The quantitative estimate of drug-likeness (QED) is 0.634. The van der Waals surface area contributed by atoms with Gasteiger partial charge in [-0.05, 0) is 37.5 Å². The molecule has 0 radical (unpaired) electrons. The summed E-state index contributed by atoms with van der Waals surface area (Å²) in [6, 6.07) is 7.31. The molecule has 1 aromatic rings. The average Bonchev–Trinajstić information content (AvgIpc) is 2.44. The molecular formula is C17H22O4. The van der Waals surface area contributed by atoms with Crippen LogP contribution in [0.3, 0.4) is 0 Å². The molecule has 1 aliphatic rings. The molecule has 1 fully saturated rings. The fourth-order valence-electron chi connectivity index (χ4n) is 2.71. The highest BCUT2D eigenvalue weighted by Crippen LogP contribution is 2.43. The molecule has 1 heterocycles. The smallest absolute Gasteiger partial charge is 0.319 e. The van der Waals surface area contributed by atoms with Crippen LogP contribution in [0.2, 0.25) is 0 Å². The van der Waals surface area contributed by atoms with E-state index >= 15 is 0 Å². The number of hydrogen-bond donors (Lipinski definition) is 0. The van der Waals surface area contributed by atoms with Crippen LogP contribution in [0.1, 0.15) is 39.4 Å². The molecule has 4 heteroatoms. The van der Waals surface area contributed by atoms with Crippen LogP contribution in [0.15, 0.2) is 24.3 Å². The molecule has 0 aliphatic carbocycles. The predicted octanol–water partition coefficient (Wildman–Crippen LogP) is 3.16. The SMILES string of the molecule is COc1ccc([C@@H]2OC(=O)C(C)(C)C(=O)[C@@H]2C(C)C)cc1. The molecule has 2 rings (SSSR count). The van der Waals surface area contributed by atoms with Crippen LogP contribution < -0.4 is 4.74 Å². The van der Waals surface area contributed by atoms with Gasteiger partial charge in [-0.2, -0.15) is 0 Å². The Morgan fingerprint density at radius 2 is 1.71 bits per heavy atom. The van der Waals surface area contributed by atoms with E-state index < -0.39 is 17.5 Å². The molecule has 0 spiro atoms. The fraction of sp³-hybridized carbons (Fsp3) is 0.529. The van der Waals surface area contributed by atoms with E-state index in [1.165, 1.54) is 0 Å². The van der Waals surface area contributed by atoms with E-state index in [1.807, 2.05) is 38.1 Å². The van der Waals surface area contributed by atoms with Crippen LogP contribution >= 0.6 is 0 Å². The highest BCUT2D eigenvalue weighted by Gasteiger charge is 2.51. The van der Waals surface area contributed by atoms with E-state index in [-0.39, 0.29) is 17.6 Å². The Bertz CT molecular complexity index is 542. The number of ether oxygens (including phenoxy) is 2. The van der Waals surface area contributed by atoms with E-state index in [0.717, 1.165) is 11.3 Å². The van der Waals surface area contributed by atoms with Crippen LogP contribution in [0.25, 0.3) is 0 Å². The second-order valence-corrected chi connectivity index (χ2v) is 6.36. The normalized spacial score (nSPS) is 24.9. The Labute approximate surface area is 125 Å². The molecule has 0 saturated carbocycles. The number of cyclic esters (lactones) is 1. The summed E-state index contributed by atoms with van der Waals surface area (Å²) < 4.78 is 10.7. The van der Waals surface area contributed by atoms with Crippen molar-refractivity contribution in [2.75, 3.05) is 7.11 Å². The zero-order valence-electron chi connectivity index (χ0n) is 13.2. The number of carbonyl (C=O) groups is 2. The molecule has 0 unspecified atom stereocenters. The van der Waals surface area contributed by atoms with Crippen molar-refractivity contribution in [3.05, 3.63) is 29.8 Å². The minimum atomic E-state index is -1.07. The highest BCUT2D eigenvalue weighted by molar-refractivity contribution is 6.06. The molecule has 0 amide bonds. The maximum absolute atomic E-state index is 12.7. The lowest BCUT2D eigenvalue weighted by molar-refractivity contribution is -0.181. The van der Waals surface area contributed by atoms with Gasteiger partial charge in [0.25, 0.3) is 0 Å². The zero-order chi connectivity index (χ0) is 15.8. The van der Waals surface area contributed by atoms with Crippen LogP contribution in [-0.2, 0) is 14.3 Å². The number of methoxy groups -OCH3 is 1. The summed E-state index contributed by atoms with van der Waals surface area (Å²) in [5, 5.41) is 0. The number of carbonyl (C=O) groups excluding carboxylic acids is 2. The molecule has 4 nitrogen and oxygen atoms in total. The largest absolute Gasteiger partial charge is 0.497 e. The first-order chi connectivity index (χ1) is 9.78. The fourth-order valence-corrected chi connectivity index (χ4v) is 2.71. The molecule has 1 saturated heterocycles. The maximum Gasteiger partial charge on any atom is 0.319 e. The summed E-state index contributed by atoms with van der Waals surface area (Å²) in [5.41, 5.74) is -0.246. The summed E-state index contributed by atoms with van der Waals surface area (Å²) in [7, 11) is 1.60.